The zero-order chi connectivity index (χ0) is 22.0. The second-order valence-corrected chi connectivity index (χ2v) is 11.7. The Morgan fingerprint density at radius 3 is 1.64 bits per heavy atom. The van der Waals surface area contributed by atoms with Gasteiger partial charge in [-0.3, -0.25) is 9.69 Å². The monoisotopic (exact) mass is 537 g/mol. The number of carbonyl (C=O) groups excluding carboxylic acids is 1. The summed E-state index contributed by atoms with van der Waals surface area (Å²) in [7, 11) is -2.29. The largest absolute Gasteiger partial charge is 1.00 e. The van der Waals surface area contributed by atoms with Crippen LogP contribution in [0.4, 0.5) is 5.82 Å². The van der Waals surface area contributed by atoms with E-state index in [4.69, 9.17) is 11.6 Å². The topological polar surface area (TPSA) is 46.1 Å². The summed E-state index contributed by atoms with van der Waals surface area (Å²) in [5.74, 6) is 0.640. The van der Waals surface area contributed by atoms with Gasteiger partial charge >= 0.3 is 0 Å². The van der Waals surface area contributed by atoms with Crippen molar-refractivity contribution in [1.29, 1.82) is 0 Å². The van der Waals surface area contributed by atoms with Crippen LogP contribution in [0, 0.1) is 0 Å². The minimum atomic E-state index is -2.29. The summed E-state index contributed by atoms with van der Waals surface area (Å²) in [5, 5.41) is 12.1. The standard InChI is InChI=1S/C26H22ClN3OP.BrH/c27-24-16-17-25(29-28-24)30-19-18-23(26(30)31)32(20-10-4-1-5-11-20,21-12-6-2-7-13-21)22-14-8-3-9-15-22;/h1-17,23H,18-19H2;1H/q+1;/p-1/t23-;/m1./s1. The van der Waals surface area contributed by atoms with Crippen molar-refractivity contribution in [2.75, 3.05) is 11.4 Å². The molecule has 1 amide bonds. The van der Waals surface area contributed by atoms with Gasteiger partial charge in [0.1, 0.15) is 23.2 Å². The van der Waals surface area contributed by atoms with Gasteiger partial charge in [0.25, 0.3) is 5.91 Å². The van der Waals surface area contributed by atoms with E-state index in [2.05, 4.69) is 83.0 Å². The van der Waals surface area contributed by atoms with E-state index in [9.17, 15) is 4.79 Å². The molecule has 0 unspecified atom stereocenters. The molecule has 1 fully saturated rings. The van der Waals surface area contributed by atoms with Crippen LogP contribution in [0.5, 0.6) is 0 Å². The molecule has 0 aliphatic carbocycles. The van der Waals surface area contributed by atoms with E-state index in [0.29, 0.717) is 17.5 Å². The van der Waals surface area contributed by atoms with Gasteiger partial charge in [-0.05, 0) is 48.5 Å². The average molecular weight is 539 g/mol. The van der Waals surface area contributed by atoms with Crippen LogP contribution in [0.15, 0.2) is 103 Å². The molecule has 0 radical (unpaired) electrons. The van der Waals surface area contributed by atoms with E-state index in [1.54, 1.807) is 17.0 Å². The number of hydrogen-bond acceptors (Lipinski definition) is 3. The summed E-state index contributed by atoms with van der Waals surface area (Å²) in [6.45, 7) is 0.605. The highest BCUT2D eigenvalue weighted by atomic mass is 79.9. The molecule has 1 aliphatic heterocycles. The van der Waals surface area contributed by atoms with Crippen molar-refractivity contribution >= 4 is 46.5 Å². The maximum absolute atomic E-state index is 14.0. The highest BCUT2D eigenvalue weighted by Crippen LogP contribution is 2.62. The van der Waals surface area contributed by atoms with E-state index in [0.717, 1.165) is 6.42 Å². The van der Waals surface area contributed by atoms with Crippen LogP contribution in [0.2, 0.25) is 5.15 Å². The van der Waals surface area contributed by atoms with E-state index in [1.165, 1.54) is 15.9 Å². The lowest BCUT2D eigenvalue weighted by atomic mass is 10.3. The molecule has 0 N–H and O–H groups in total. The van der Waals surface area contributed by atoms with Crippen LogP contribution in [0.3, 0.4) is 0 Å². The smallest absolute Gasteiger partial charge is 0.270 e. The lowest BCUT2D eigenvalue weighted by molar-refractivity contribution is -0.116. The molecule has 4 nitrogen and oxygen atoms in total. The second kappa shape index (κ2) is 10.1. The number of anilines is 1. The summed E-state index contributed by atoms with van der Waals surface area (Å²) in [6.07, 6.45) is 0.746. The van der Waals surface area contributed by atoms with Crippen LogP contribution in [0.25, 0.3) is 0 Å². The molecule has 7 heteroatoms. The number of rotatable bonds is 5. The first-order valence-electron chi connectivity index (χ1n) is 10.6. The molecule has 1 saturated heterocycles. The quantitative estimate of drug-likeness (QED) is 0.359. The third-order valence-electron chi connectivity index (χ3n) is 6.03. The Labute approximate surface area is 209 Å². The molecule has 33 heavy (non-hydrogen) atoms. The van der Waals surface area contributed by atoms with Crippen molar-refractivity contribution in [3.8, 4) is 0 Å². The number of aromatic nitrogens is 2. The normalized spacial score (nSPS) is 15.8. The number of hydrogen-bond donors (Lipinski definition) is 0. The average Bonchev–Trinajstić information content (AvgIpc) is 3.24. The fraction of sp³-hybridized carbons (Fsp3) is 0.115. The first kappa shape index (κ1) is 23.6. The Morgan fingerprint density at radius 1 is 0.727 bits per heavy atom. The van der Waals surface area contributed by atoms with Crippen LogP contribution < -0.4 is 37.8 Å². The van der Waals surface area contributed by atoms with Gasteiger partial charge in [-0.25, -0.2) is 0 Å². The van der Waals surface area contributed by atoms with Gasteiger partial charge in [-0.15, -0.1) is 10.2 Å². The fourth-order valence-electron chi connectivity index (χ4n) is 4.68. The Balaban J connectivity index is 0.00000259. The Bertz CT molecular complexity index is 1110. The molecule has 1 aromatic heterocycles. The second-order valence-electron chi connectivity index (χ2n) is 7.74. The predicted octanol–water partition coefficient (Wildman–Crippen LogP) is 1.23. The molecule has 1 aliphatic rings. The maximum Gasteiger partial charge on any atom is 0.270 e. The molecular weight excluding hydrogens is 517 g/mol. The molecule has 0 spiro atoms. The molecule has 166 valence electrons. The summed E-state index contributed by atoms with van der Waals surface area (Å²) in [4.78, 5) is 15.8. The van der Waals surface area contributed by atoms with Crippen molar-refractivity contribution in [1.82, 2.24) is 10.2 Å². The summed E-state index contributed by atoms with van der Waals surface area (Å²) in [6, 6.07) is 35.0. The van der Waals surface area contributed by atoms with Crippen molar-refractivity contribution in [2.45, 2.75) is 12.1 Å². The lowest BCUT2D eigenvalue weighted by Crippen LogP contribution is -3.00. The summed E-state index contributed by atoms with van der Waals surface area (Å²) in [5.41, 5.74) is -0.188. The minimum absolute atomic E-state index is 0. The van der Waals surface area contributed by atoms with Crippen LogP contribution in [-0.2, 0) is 4.79 Å². The van der Waals surface area contributed by atoms with Gasteiger partial charge in [0.15, 0.2) is 16.6 Å². The van der Waals surface area contributed by atoms with Crippen molar-refractivity contribution in [2.24, 2.45) is 0 Å². The summed E-state index contributed by atoms with van der Waals surface area (Å²) >= 11 is 5.92. The number of nitrogens with zero attached hydrogens (tertiary/aromatic N) is 3. The number of amides is 1. The molecule has 3 aromatic carbocycles. The van der Waals surface area contributed by atoms with Crippen molar-refractivity contribution in [3.63, 3.8) is 0 Å². The zero-order valence-electron chi connectivity index (χ0n) is 17.8. The molecule has 0 bridgehead atoms. The van der Waals surface area contributed by atoms with Gasteiger partial charge in [0, 0.05) is 13.0 Å². The van der Waals surface area contributed by atoms with Gasteiger partial charge in [0.2, 0.25) is 0 Å². The Kier molecular flexibility index (Phi) is 7.23. The summed E-state index contributed by atoms with van der Waals surface area (Å²) < 4.78 is 0. The number of benzene rings is 3. The van der Waals surface area contributed by atoms with E-state index in [1.807, 2.05) is 18.2 Å². The van der Waals surface area contributed by atoms with E-state index < -0.39 is 7.26 Å². The Hall–Kier alpha value is -2.59. The predicted molar refractivity (Wildman–Crippen MR) is 133 cm³/mol. The number of halogens is 2. The Morgan fingerprint density at radius 2 is 1.21 bits per heavy atom. The third kappa shape index (κ3) is 4.21. The van der Waals surface area contributed by atoms with Crippen LogP contribution in [0.1, 0.15) is 6.42 Å². The molecule has 4 aromatic rings. The molecule has 2 heterocycles. The van der Waals surface area contributed by atoms with Gasteiger partial charge < -0.3 is 17.0 Å². The fourth-order valence-corrected chi connectivity index (χ4v) is 9.66. The zero-order valence-corrected chi connectivity index (χ0v) is 21.0. The first-order valence-corrected chi connectivity index (χ1v) is 12.8. The lowest BCUT2D eigenvalue weighted by Gasteiger charge is -2.31. The first-order chi connectivity index (χ1) is 15.7. The molecule has 5 rings (SSSR count). The maximum atomic E-state index is 14.0. The van der Waals surface area contributed by atoms with Gasteiger partial charge in [0.05, 0.1) is 0 Å². The number of carbonyl (C=O) groups is 1. The molecule has 0 saturated carbocycles. The molecule has 1 atom stereocenters. The van der Waals surface area contributed by atoms with E-state index in [-0.39, 0.29) is 28.5 Å². The SMILES string of the molecule is O=C1[C@H]([P+](c2ccccc2)(c2ccccc2)c2ccccc2)CCN1c1ccc(Cl)nn1.[Br-]. The molecular formula is C26H22BrClN3OP. The van der Waals surface area contributed by atoms with Crippen LogP contribution >= 0.6 is 18.9 Å². The highest BCUT2D eigenvalue weighted by Gasteiger charge is 2.58. The minimum Gasteiger partial charge on any atom is -1.00 e. The van der Waals surface area contributed by atoms with Crippen molar-refractivity contribution in [3.05, 3.63) is 108 Å². The van der Waals surface area contributed by atoms with Crippen LogP contribution in [-0.4, -0.2) is 28.3 Å². The third-order valence-corrected chi connectivity index (χ3v) is 11.0. The van der Waals surface area contributed by atoms with E-state index >= 15 is 0 Å². The highest BCUT2D eigenvalue weighted by molar-refractivity contribution is 7.97. The van der Waals surface area contributed by atoms with Gasteiger partial charge in [-0.1, -0.05) is 66.2 Å². The van der Waals surface area contributed by atoms with Gasteiger partial charge in [-0.2, -0.15) is 0 Å². The van der Waals surface area contributed by atoms with Crippen molar-refractivity contribution < 1.29 is 21.8 Å².